The minimum Gasteiger partial charge on any atom is -0.380 e. The van der Waals surface area contributed by atoms with Crippen LogP contribution in [0.5, 0.6) is 0 Å². The highest BCUT2D eigenvalue weighted by atomic mass is 16.3. The molecule has 0 saturated carbocycles. The number of aliphatic hydroxyl groups excluding tert-OH is 1. The van der Waals surface area contributed by atoms with Crippen LogP contribution in [0.3, 0.4) is 0 Å². The van der Waals surface area contributed by atoms with Gasteiger partial charge in [0.15, 0.2) is 11.6 Å². The molecular formula is C28H24O3. The molecule has 0 amide bonds. The van der Waals surface area contributed by atoms with Gasteiger partial charge < -0.3 is 5.11 Å². The van der Waals surface area contributed by atoms with E-state index in [4.69, 9.17) is 0 Å². The van der Waals surface area contributed by atoms with Gasteiger partial charge in [-0.25, -0.2) is 0 Å². The Hall–Kier alpha value is -3.82. The van der Waals surface area contributed by atoms with Crippen LogP contribution in [0.2, 0.25) is 0 Å². The van der Waals surface area contributed by atoms with Crippen LogP contribution in [0.4, 0.5) is 0 Å². The van der Waals surface area contributed by atoms with Crippen molar-refractivity contribution in [1.29, 1.82) is 0 Å². The van der Waals surface area contributed by atoms with E-state index < -0.39 is 6.10 Å². The summed E-state index contributed by atoms with van der Waals surface area (Å²) in [4.78, 5) is 23.7. The van der Waals surface area contributed by atoms with Crippen molar-refractivity contribution in [2.75, 3.05) is 0 Å². The predicted molar refractivity (Wildman–Crippen MR) is 123 cm³/mol. The van der Waals surface area contributed by atoms with Crippen LogP contribution < -0.4 is 0 Å². The number of carbonyl (C=O) groups is 2. The Morgan fingerprint density at radius 3 is 1.52 bits per heavy atom. The summed E-state index contributed by atoms with van der Waals surface area (Å²) in [6, 6.07) is 36.9. The third-order valence-electron chi connectivity index (χ3n) is 4.73. The second kappa shape index (κ2) is 11.4. The molecule has 3 nitrogen and oxygen atoms in total. The van der Waals surface area contributed by atoms with Crippen LogP contribution in [0, 0.1) is 0 Å². The van der Waals surface area contributed by atoms with Crippen molar-refractivity contribution < 1.29 is 14.7 Å². The molecule has 4 aromatic rings. The fourth-order valence-corrected chi connectivity index (χ4v) is 3.05. The fraction of sp³-hybridized carbons (Fsp3) is 0.0714. The number of benzene rings is 4. The van der Waals surface area contributed by atoms with Crippen molar-refractivity contribution >= 4 is 11.6 Å². The molecule has 154 valence electrons. The molecule has 1 unspecified atom stereocenters. The standard InChI is InChI=1S/C14H12O2.C14H12O/c15-13(11-7-3-1-4-8-11)14(16)12-9-5-2-6-10-12;15-14(13-9-5-2-6-10-13)11-12-7-3-1-4-8-12/h1-10,13,15H;1-10H,11H2. The van der Waals surface area contributed by atoms with E-state index in [9.17, 15) is 14.7 Å². The van der Waals surface area contributed by atoms with Gasteiger partial charge in [-0.3, -0.25) is 9.59 Å². The molecule has 0 saturated heterocycles. The van der Waals surface area contributed by atoms with Crippen LogP contribution >= 0.6 is 0 Å². The molecule has 1 N–H and O–H groups in total. The van der Waals surface area contributed by atoms with Gasteiger partial charge in [-0.05, 0) is 11.1 Å². The molecule has 0 fully saturated rings. The average Bonchev–Trinajstić information content (AvgIpc) is 2.86. The molecule has 0 radical (unpaired) electrons. The van der Waals surface area contributed by atoms with Crippen molar-refractivity contribution in [3.8, 4) is 0 Å². The van der Waals surface area contributed by atoms with Crippen molar-refractivity contribution in [3.05, 3.63) is 144 Å². The van der Waals surface area contributed by atoms with E-state index in [1.54, 1.807) is 48.5 Å². The minimum absolute atomic E-state index is 0.168. The number of ketones is 2. The summed E-state index contributed by atoms with van der Waals surface area (Å²) < 4.78 is 0. The van der Waals surface area contributed by atoms with Gasteiger partial charge >= 0.3 is 0 Å². The number of hydrogen-bond acceptors (Lipinski definition) is 3. The lowest BCUT2D eigenvalue weighted by atomic mass is 10.0. The lowest BCUT2D eigenvalue weighted by molar-refractivity contribution is 0.0747. The second-order valence-corrected chi connectivity index (χ2v) is 7.00. The molecule has 4 rings (SSSR count). The zero-order valence-corrected chi connectivity index (χ0v) is 17.1. The normalized spacial score (nSPS) is 11.0. The molecular weight excluding hydrogens is 384 g/mol. The maximum atomic E-state index is 11.9. The Morgan fingerprint density at radius 1 is 0.581 bits per heavy atom. The quantitative estimate of drug-likeness (QED) is 0.416. The minimum atomic E-state index is -1.08. The Kier molecular flexibility index (Phi) is 8.04. The first-order chi connectivity index (χ1) is 15.1. The molecule has 1 atom stereocenters. The highest BCUT2D eigenvalue weighted by Gasteiger charge is 2.18. The van der Waals surface area contributed by atoms with Gasteiger partial charge in [-0.1, -0.05) is 121 Å². The molecule has 0 aliphatic carbocycles. The van der Waals surface area contributed by atoms with Gasteiger partial charge in [0, 0.05) is 17.5 Å². The van der Waals surface area contributed by atoms with Gasteiger partial charge in [0.2, 0.25) is 0 Å². The highest BCUT2D eigenvalue weighted by Crippen LogP contribution is 2.17. The first-order valence-corrected chi connectivity index (χ1v) is 10.1. The van der Waals surface area contributed by atoms with Crippen molar-refractivity contribution in [2.45, 2.75) is 12.5 Å². The van der Waals surface area contributed by atoms with E-state index in [1.807, 2.05) is 72.8 Å². The molecule has 0 bridgehead atoms. The topological polar surface area (TPSA) is 54.4 Å². The summed E-state index contributed by atoms with van der Waals surface area (Å²) >= 11 is 0. The van der Waals surface area contributed by atoms with E-state index >= 15 is 0 Å². The van der Waals surface area contributed by atoms with Crippen LogP contribution in [-0.4, -0.2) is 16.7 Å². The summed E-state index contributed by atoms with van der Waals surface area (Å²) in [6.07, 6.45) is -0.603. The molecule has 4 aromatic carbocycles. The van der Waals surface area contributed by atoms with Gasteiger partial charge in [0.1, 0.15) is 6.10 Å². The smallest absolute Gasteiger partial charge is 0.195 e. The number of hydrogen-bond donors (Lipinski definition) is 1. The van der Waals surface area contributed by atoms with Crippen LogP contribution in [0.25, 0.3) is 0 Å². The zero-order chi connectivity index (χ0) is 21.9. The van der Waals surface area contributed by atoms with E-state index in [0.29, 0.717) is 17.5 Å². The summed E-state index contributed by atoms with van der Waals surface area (Å²) in [6.45, 7) is 0. The fourth-order valence-electron chi connectivity index (χ4n) is 3.05. The third kappa shape index (κ3) is 6.59. The first-order valence-electron chi connectivity index (χ1n) is 10.1. The maximum absolute atomic E-state index is 11.9. The SMILES string of the molecule is O=C(Cc1ccccc1)c1ccccc1.O=C(c1ccccc1)C(O)c1ccccc1. The summed E-state index contributed by atoms with van der Waals surface area (Å²) in [5.74, 6) is -0.103. The number of aliphatic hydroxyl groups is 1. The lowest BCUT2D eigenvalue weighted by Gasteiger charge is -2.09. The van der Waals surface area contributed by atoms with Crippen molar-refractivity contribution in [3.63, 3.8) is 0 Å². The Morgan fingerprint density at radius 2 is 1.00 bits per heavy atom. The Labute approximate surface area is 182 Å². The molecule has 0 aromatic heterocycles. The van der Waals surface area contributed by atoms with Crippen molar-refractivity contribution in [2.24, 2.45) is 0 Å². The zero-order valence-electron chi connectivity index (χ0n) is 17.1. The van der Waals surface area contributed by atoms with E-state index in [2.05, 4.69) is 0 Å². The van der Waals surface area contributed by atoms with Gasteiger partial charge in [-0.2, -0.15) is 0 Å². The van der Waals surface area contributed by atoms with Gasteiger partial charge in [0.05, 0.1) is 0 Å². The molecule has 0 aliphatic rings. The predicted octanol–water partition coefficient (Wildman–Crippen LogP) is 5.71. The molecule has 0 heterocycles. The van der Waals surface area contributed by atoms with Gasteiger partial charge in [0.25, 0.3) is 0 Å². The molecule has 31 heavy (non-hydrogen) atoms. The highest BCUT2D eigenvalue weighted by molar-refractivity contribution is 5.99. The van der Waals surface area contributed by atoms with Crippen molar-refractivity contribution in [1.82, 2.24) is 0 Å². The maximum Gasteiger partial charge on any atom is 0.195 e. The lowest BCUT2D eigenvalue weighted by Crippen LogP contribution is -2.11. The largest absolute Gasteiger partial charge is 0.380 e. The average molecular weight is 408 g/mol. The second-order valence-electron chi connectivity index (χ2n) is 7.00. The summed E-state index contributed by atoms with van der Waals surface area (Å²) in [5, 5.41) is 9.89. The van der Waals surface area contributed by atoms with E-state index in [0.717, 1.165) is 11.1 Å². The molecule has 3 heteroatoms. The van der Waals surface area contributed by atoms with Crippen LogP contribution in [0.1, 0.15) is 37.9 Å². The van der Waals surface area contributed by atoms with E-state index in [1.165, 1.54) is 0 Å². The molecule has 0 spiro atoms. The number of Topliss-reactive ketones (excluding diaryl/α,β-unsaturated/α-hetero) is 2. The Bertz CT molecular complexity index is 1080. The van der Waals surface area contributed by atoms with E-state index in [-0.39, 0.29) is 11.6 Å². The van der Waals surface area contributed by atoms with Gasteiger partial charge in [-0.15, -0.1) is 0 Å². The van der Waals surface area contributed by atoms with Crippen LogP contribution in [0.15, 0.2) is 121 Å². The summed E-state index contributed by atoms with van der Waals surface area (Å²) in [7, 11) is 0. The first kappa shape index (κ1) is 21.9. The molecule has 0 aliphatic heterocycles. The summed E-state index contributed by atoms with van der Waals surface area (Å²) in [5.41, 5.74) is 2.99. The number of carbonyl (C=O) groups excluding carboxylic acids is 2. The number of rotatable bonds is 6. The third-order valence-corrected chi connectivity index (χ3v) is 4.73. The van der Waals surface area contributed by atoms with Crippen LogP contribution in [-0.2, 0) is 6.42 Å². The monoisotopic (exact) mass is 408 g/mol. The Balaban J connectivity index is 0.000000176.